The number of alkyl halides is 6. The van der Waals surface area contributed by atoms with Gasteiger partial charge in [0.15, 0.2) is 0 Å². The summed E-state index contributed by atoms with van der Waals surface area (Å²) in [5, 5.41) is 15.3. The van der Waals surface area contributed by atoms with Gasteiger partial charge in [-0.15, -0.1) is 0 Å². The number of fused-ring (bicyclic) bond motifs is 1. The molecule has 0 bridgehead atoms. The molecule has 0 saturated heterocycles. The number of rotatable bonds is 5. The Balaban J connectivity index is 1.89. The van der Waals surface area contributed by atoms with Gasteiger partial charge in [0.05, 0.1) is 23.6 Å². The first-order valence-electron chi connectivity index (χ1n) is 8.65. The molecule has 29 heavy (non-hydrogen) atoms. The van der Waals surface area contributed by atoms with Gasteiger partial charge < -0.3 is 20.2 Å². The van der Waals surface area contributed by atoms with Crippen LogP contribution in [0.25, 0.3) is 5.57 Å². The maximum atomic E-state index is 13.3. The van der Waals surface area contributed by atoms with Crippen LogP contribution in [0.3, 0.4) is 0 Å². The van der Waals surface area contributed by atoms with E-state index in [4.69, 9.17) is 4.42 Å². The van der Waals surface area contributed by atoms with E-state index < -0.39 is 35.7 Å². The van der Waals surface area contributed by atoms with Crippen LogP contribution in [0.1, 0.15) is 22.5 Å². The Morgan fingerprint density at radius 2 is 1.90 bits per heavy atom. The molecule has 0 aliphatic carbocycles. The summed E-state index contributed by atoms with van der Waals surface area (Å²) >= 11 is 0. The van der Waals surface area contributed by atoms with E-state index in [0.29, 0.717) is 11.8 Å². The van der Waals surface area contributed by atoms with Gasteiger partial charge in [-0.3, -0.25) is 0 Å². The number of aliphatic hydroxyl groups is 1. The lowest BCUT2D eigenvalue weighted by molar-refractivity contribution is -0.139. The Bertz CT molecular complexity index is 901. The van der Waals surface area contributed by atoms with Crippen molar-refractivity contribution < 1.29 is 35.9 Å². The molecule has 158 valence electrons. The van der Waals surface area contributed by atoms with Crippen molar-refractivity contribution in [3.8, 4) is 0 Å². The summed E-state index contributed by atoms with van der Waals surface area (Å²) in [4.78, 5) is 0. The maximum Gasteiger partial charge on any atom is 0.418 e. The molecule has 2 aromatic rings. The zero-order valence-corrected chi connectivity index (χ0v) is 15.2. The number of aliphatic hydroxyl groups excluding tert-OH is 1. The van der Waals surface area contributed by atoms with Gasteiger partial charge in [0.25, 0.3) is 0 Å². The molecule has 10 heteroatoms. The molecule has 1 aromatic heterocycles. The maximum absolute atomic E-state index is 13.3. The van der Waals surface area contributed by atoms with Crippen molar-refractivity contribution in [2.75, 3.05) is 11.9 Å². The summed E-state index contributed by atoms with van der Waals surface area (Å²) in [6.45, 7) is 1.85. The molecule has 3 rings (SSSR count). The van der Waals surface area contributed by atoms with Crippen molar-refractivity contribution in [3.63, 3.8) is 0 Å². The second kappa shape index (κ2) is 7.75. The number of halogens is 6. The number of para-hydroxylation sites is 1. The average Bonchev–Trinajstić information content (AvgIpc) is 3.03. The minimum absolute atomic E-state index is 0.117. The van der Waals surface area contributed by atoms with E-state index in [1.807, 2.05) is 5.32 Å². The van der Waals surface area contributed by atoms with Crippen LogP contribution in [-0.4, -0.2) is 30.0 Å². The summed E-state index contributed by atoms with van der Waals surface area (Å²) < 4.78 is 84.9. The summed E-state index contributed by atoms with van der Waals surface area (Å²) in [6, 6.07) is 2.40. The monoisotopic (exact) mass is 420 g/mol. The van der Waals surface area contributed by atoms with E-state index in [9.17, 15) is 31.4 Å². The van der Waals surface area contributed by atoms with Gasteiger partial charge in [0.1, 0.15) is 11.8 Å². The molecule has 1 aromatic carbocycles. The minimum atomic E-state index is -4.85. The Hall–Kier alpha value is -2.46. The lowest BCUT2D eigenvalue weighted by Gasteiger charge is -2.31. The Morgan fingerprint density at radius 3 is 2.48 bits per heavy atom. The fourth-order valence-corrected chi connectivity index (χ4v) is 3.17. The van der Waals surface area contributed by atoms with Gasteiger partial charge in [-0.25, -0.2) is 0 Å². The predicted molar refractivity (Wildman–Crippen MR) is 94.0 cm³/mol. The highest BCUT2D eigenvalue weighted by Gasteiger charge is 2.44. The molecule has 0 spiro atoms. The number of aryl methyl sites for hydroxylation is 1. The summed E-state index contributed by atoms with van der Waals surface area (Å²) in [7, 11) is 0. The normalized spacial score (nSPS) is 18.1. The SMILES string of the molecule is Cc1occc1CNCC(O)C1=CC(C(F)(F)F)Nc2c1cccc2C(F)(F)F. The van der Waals surface area contributed by atoms with Crippen LogP contribution >= 0.6 is 0 Å². The number of hydrogen-bond donors (Lipinski definition) is 3. The number of nitrogens with one attached hydrogen (secondary N) is 2. The number of benzene rings is 1. The van der Waals surface area contributed by atoms with Crippen molar-refractivity contribution in [2.24, 2.45) is 0 Å². The van der Waals surface area contributed by atoms with E-state index in [0.717, 1.165) is 17.7 Å². The summed E-state index contributed by atoms with van der Waals surface area (Å²) in [6.07, 6.45) is -8.93. The van der Waals surface area contributed by atoms with E-state index in [1.165, 1.54) is 12.3 Å². The fraction of sp³-hybridized carbons (Fsp3) is 0.368. The Kier molecular flexibility index (Phi) is 5.68. The third kappa shape index (κ3) is 4.59. The van der Waals surface area contributed by atoms with E-state index >= 15 is 0 Å². The molecule has 4 nitrogen and oxygen atoms in total. The molecule has 0 radical (unpaired) electrons. The van der Waals surface area contributed by atoms with Gasteiger partial charge >= 0.3 is 12.4 Å². The Labute approximate surface area is 162 Å². The highest BCUT2D eigenvalue weighted by Crippen LogP contribution is 2.43. The number of furan rings is 1. The average molecular weight is 420 g/mol. The van der Waals surface area contributed by atoms with Crippen molar-refractivity contribution in [1.82, 2.24) is 5.32 Å². The lowest BCUT2D eigenvalue weighted by atomic mass is 9.90. The van der Waals surface area contributed by atoms with Crippen LogP contribution in [0.4, 0.5) is 32.0 Å². The van der Waals surface area contributed by atoms with Gasteiger partial charge in [0, 0.05) is 24.2 Å². The van der Waals surface area contributed by atoms with Crippen LogP contribution < -0.4 is 10.6 Å². The van der Waals surface area contributed by atoms with Crippen LogP contribution in [0, 0.1) is 6.92 Å². The molecule has 0 amide bonds. The topological polar surface area (TPSA) is 57.4 Å². The summed E-state index contributed by atoms with van der Waals surface area (Å²) in [5.74, 6) is 0.644. The van der Waals surface area contributed by atoms with E-state index in [1.54, 1.807) is 13.0 Å². The quantitative estimate of drug-likeness (QED) is 0.624. The molecule has 2 atom stereocenters. The van der Waals surface area contributed by atoms with Crippen LogP contribution in [-0.2, 0) is 12.7 Å². The Morgan fingerprint density at radius 1 is 1.17 bits per heavy atom. The largest absolute Gasteiger partial charge is 0.469 e. The highest BCUT2D eigenvalue weighted by molar-refractivity contribution is 5.84. The van der Waals surface area contributed by atoms with E-state index in [-0.39, 0.29) is 24.2 Å². The van der Waals surface area contributed by atoms with Gasteiger partial charge in [-0.2, -0.15) is 26.3 Å². The molecular weight excluding hydrogens is 402 g/mol. The molecule has 0 fully saturated rings. The first-order chi connectivity index (χ1) is 13.5. The molecule has 1 aliphatic heterocycles. The van der Waals surface area contributed by atoms with Crippen LogP contribution in [0.5, 0.6) is 0 Å². The number of hydrogen-bond acceptors (Lipinski definition) is 4. The molecule has 1 aliphatic rings. The molecule has 0 saturated carbocycles. The number of anilines is 1. The smallest absolute Gasteiger partial charge is 0.418 e. The van der Waals surface area contributed by atoms with Crippen molar-refractivity contribution in [3.05, 3.63) is 59.1 Å². The standard InChI is InChI=1S/C19H18F6N2O2/c1-10-11(5-6-29-10)8-26-9-15(28)13-7-16(19(23,24)25)27-17-12(13)3-2-4-14(17)18(20,21)22/h2-7,15-16,26-28H,8-9H2,1H3. The first kappa shape index (κ1) is 21.3. The molecule has 2 unspecified atom stereocenters. The van der Waals surface area contributed by atoms with Gasteiger partial charge in [-0.1, -0.05) is 12.1 Å². The zero-order chi connectivity index (χ0) is 21.4. The van der Waals surface area contributed by atoms with Crippen molar-refractivity contribution in [2.45, 2.75) is 38.0 Å². The molecule has 2 heterocycles. The van der Waals surface area contributed by atoms with Crippen LogP contribution in [0.2, 0.25) is 0 Å². The molecule has 3 N–H and O–H groups in total. The van der Waals surface area contributed by atoms with Crippen molar-refractivity contribution >= 4 is 11.3 Å². The van der Waals surface area contributed by atoms with Gasteiger partial charge in [0.2, 0.25) is 0 Å². The lowest BCUT2D eigenvalue weighted by Crippen LogP contribution is -2.39. The predicted octanol–water partition coefficient (Wildman–Crippen LogP) is 4.50. The third-order valence-corrected chi connectivity index (χ3v) is 4.66. The third-order valence-electron chi connectivity index (χ3n) is 4.66. The minimum Gasteiger partial charge on any atom is -0.469 e. The summed E-state index contributed by atoms with van der Waals surface area (Å²) in [5.41, 5.74) is -1.45. The van der Waals surface area contributed by atoms with Gasteiger partial charge in [-0.05, 0) is 30.7 Å². The zero-order valence-electron chi connectivity index (χ0n) is 15.2. The van der Waals surface area contributed by atoms with E-state index in [2.05, 4.69) is 5.32 Å². The highest BCUT2D eigenvalue weighted by atomic mass is 19.4. The second-order valence-electron chi connectivity index (χ2n) is 6.66. The van der Waals surface area contributed by atoms with Crippen LogP contribution in [0.15, 0.2) is 41.0 Å². The molecular formula is C19H18F6N2O2. The second-order valence-corrected chi connectivity index (χ2v) is 6.66. The first-order valence-corrected chi connectivity index (χ1v) is 8.65. The fourth-order valence-electron chi connectivity index (χ4n) is 3.17. The van der Waals surface area contributed by atoms with Crippen molar-refractivity contribution in [1.29, 1.82) is 0 Å².